The van der Waals surface area contributed by atoms with Gasteiger partial charge in [-0.3, -0.25) is 4.79 Å². The Bertz CT molecular complexity index is 399. The molecule has 0 atom stereocenters. The Morgan fingerprint density at radius 1 is 1.24 bits per heavy atom. The zero-order valence-corrected chi connectivity index (χ0v) is 10.4. The SMILES string of the molecule is Cc1ccc(C(=O)N2CCC(C)(O)CC2)cc1. The zero-order valence-electron chi connectivity index (χ0n) is 10.4. The molecule has 1 fully saturated rings. The van der Waals surface area contributed by atoms with Crippen molar-refractivity contribution in [1.29, 1.82) is 0 Å². The summed E-state index contributed by atoms with van der Waals surface area (Å²) in [5.74, 6) is 0.0699. The van der Waals surface area contributed by atoms with E-state index < -0.39 is 5.60 Å². The van der Waals surface area contributed by atoms with E-state index in [1.165, 1.54) is 0 Å². The number of benzene rings is 1. The Balaban J connectivity index is 2.04. The lowest BCUT2D eigenvalue weighted by Gasteiger charge is -2.35. The van der Waals surface area contributed by atoms with E-state index in [2.05, 4.69) is 0 Å². The molecule has 0 aromatic heterocycles. The van der Waals surface area contributed by atoms with Crippen molar-refractivity contribution in [2.75, 3.05) is 13.1 Å². The van der Waals surface area contributed by atoms with Gasteiger partial charge in [0.25, 0.3) is 5.91 Å². The molecule has 0 saturated carbocycles. The summed E-state index contributed by atoms with van der Waals surface area (Å²) in [6, 6.07) is 7.63. The smallest absolute Gasteiger partial charge is 0.253 e. The van der Waals surface area contributed by atoms with Crippen molar-refractivity contribution in [2.24, 2.45) is 0 Å². The summed E-state index contributed by atoms with van der Waals surface area (Å²) < 4.78 is 0. The topological polar surface area (TPSA) is 40.5 Å². The third-order valence-corrected chi connectivity index (χ3v) is 3.43. The Labute approximate surface area is 102 Å². The molecule has 3 heteroatoms. The van der Waals surface area contributed by atoms with Crippen LogP contribution in [0.15, 0.2) is 24.3 Å². The first-order chi connectivity index (χ1) is 7.98. The lowest BCUT2D eigenvalue weighted by molar-refractivity contribution is -0.00202. The fourth-order valence-electron chi connectivity index (χ4n) is 2.07. The van der Waals surface area contributed by atoms with Crippen molar-refractivity contribution in [3.05, 3.63) is 35.4 Å². The number of nitrogens with zero attached hydrogens (tertiary/aromatic N) is 1. The molecule has 2 rings (SSSR count). The van der Waals surface area contributed by atoms with Gasteiger partial charge in [0.2, 0.25) is 0 Å². The molecule has 17 heavy (non-hydrogen) atoms. The normalized spacial score (nSPS) is 19.1. The number of rotatable bonds is 1. The van der Waals surface area contributed by atoms with Crippen LogP contribution in [0.2, 0.25) is 0 Å². The molecule has 1 aromatic carbocycles. The lowest BCUT2D eigenvalue weighted by Crippen LogP contribution is -2.45. The van der Waals surface area contributed by atoms with E-state index >= 15 is 0 Å². The minimum Gasteiger partial charge on any atom is -0.390 e. The van der Waals surface area contributed by atoms with Crippen molar-refractivity contribution in [3.8, 4) is 0 Å². The molecule has 0 aliphatic carbocycles. The van der Waals surface area contributed by atoms with Crippen LogP contribution in [0.3, 0.4) is 0 Å². The first-order valence-corrected chi connectivity index (χ1v) is 6.06. The average Bonchev–Trinajstić information content (AvgIpc) is 2.29. The third-order valence-electron chi connectivity index (χ3n) is 3.43. The number of hydrogen-bond acceptors (Lipinski definition) is 2. The summed E-state index contributed by atoms with van der Waals surface area (Å²) in [5.41, 5.74) is 1.28. The van der Waals surface area contributed by atoms with Gasteiger partial charge >= 0.3 is 0 Å². The van der Waals surface area contributed by atoms with Gasteiger partial charge in [0.05, 0.1) is 5.60 Å². The first kappa shape index (κ1) is 12.1. The van der Waals surface area contributed by atoms with E-state index in [0.29, 0.717) is 25.9 Å². The third kappa shape index (κ3) is 2.86. The molecule has 1 amide bonds. The van der Waals surface area contributed by atoms with E-state index in [4.69, 9.17) is 0 Å². The molecule has 0 spiro atoms. The molecule has 0 bridgehead atoms. The maximum absolute atomic E-state index is 12.2. The second-order valence-corrected chi connectivity index (χ2v) is 5.16. The van der Waals surface area contributed by atoms with Crippen LogP contribution >= 0.6 is 0 Å². The standard InChI is InChI=1S/C14H19NO2/c1-11-3-5-12(6-4-11)13(16)15-9-7-14(2,17)8-10-15/h3-6,17H,7-10H2,1-2H3. The minimum absolute atomic E-state index is 0.0699. The molecule has 0 unspecified atom stereocenters. The van der Waals surface area contributed by atoms with Crippen LogP contribution in [0.25, 0.3) is 0 Å². The van der Waals surface area contributed by atoms with Crippen molar-refractivity contribution in [1.82, 2.24) is 4.90 Å². The van der Waals surface area contributed by atoms with E-state index in [9.17, 15) is 9.90 Å². The second-order valence-electron chi connectivity index (χ2n) is 5.16. The molecule has 1 heterocycles. The highest BCUT2D eigenvalue weighted by molar-refractivity contribution is 5.94. The van der Waals surface area contributed by atoms with Crippen molar-refractivity contribution in [2.45, 2.75) is 32.3 Å². The number of carbonyl (C=O) groups excluding carboxylic acids is 1. The summed E-state index contributed by atoms with van der Waals surface area (Å²) in [5, 5.41) is 9.84. The highest BCUT2D eigenvalue weighted by Crippen LogP contribution is 2.22. The van der Waals surface area contributed by atoms with E-state index in [0.717, 1.165) is 11.1 Å². The number of aryl methyl sites for hydroxylation is 1. The Morgan fingerprint density at radius 3 is 2.29 bits per heavy atom. The van der Waals surface area contributed by atoms with Gasteiger partial charge in [0.1, 0.15) is 0 Å². The molecule has 1 aliphatic rings. The Hall–Kier alpha value is -1.35. The summed E-state index contributed by atoms with van der Waals surface area (Å²) in [7, 11) is 0. The van der Waals surface area contributed by atoms with Crippen LogP contribution in [0.4, 0.5) is 0 Å². The average molecular weight is 233 g/mol. The van der Waals surface area contributed by atoms with E-state index in [1.807, 2.05) is 43.0 Å². The van der Waals surface area contributed by atoms with Gasteiger partial charge in [0.15, 0.2) is 0 Å². The van der Waals surface area contributed by atoms with E-state index in [1.54, 1.807) is 0 Å². The lowest BCUT2D eigenvalue weighted by atomic mass is 9.93. The summed E-state index contributed by atoms with van der Waals surface area (Å²) in [6.07, 6.45) is 1.31. The number of aliphatic hydroxyl groups is 1. The molecule has 1 N–H and O–H groups in total. The van der Waals surface area contributed by atoms with Gasteiger partial charge < -0.3 is 10.0 Å². The summed E-state index contributed by atoms with van der Waals surface area (Å²) in [6.45, 7) is 5.12. The molecular formula is C14H19NO2. The van der Waals surface area contributed by atoms with Gasteiger partial charge in [-0.2, -0.15) is 0 Å². The van der Waals surface area contributed by atoms with Crippen molar-refractivity contribution in [3.63, 3.8) is 0 Å². The molecule has 1 saturated heterocycles. The van der Waals surface area contributed by atoms with Gasteiger partial charge in [-0.15, -0.1) is 0 Å². The van der Waals surface area contributed by atoms with Crippen LogP contribution in [0.5, 0.6) is 0 Å². The largest absolute Gasteiger partial charge is 0.390 e. The highest BCUT2D eigenvalue weighted by Gasteiger charge is 2.29. The summed E-state index contributed by atoms with van der Waals surface area (Å²) in [4.78, 5) is 14.0. The van der Waals surface area contributed by atoms with Crippen LogP contribution in [-0.4, -0.2) is 34.6 Å². The van der Waals surface area contributed by atoms with Crippen molar-refractivity contribution >= 4 is 5.91 Å². The Morgan fingerprint density at radius 2 is 1.76 bits per heavy atom. The molecular weight excluding hydrogens is 214 g/mol. The monoisotopic (exact) mass is 233 g/mol. The fraction of sp³-hybridized carbons (Fsp3) is 0.500. The minimum atomic E-state index is -0.607. The van der Waals surface area contributed by atoms with Crippen LogP contribution in [-0.2, 0) is 0 Å². The molecule has 0 radical (unpaired) electrons. The van der Waals surface area contributed by atoms with Crippen LogP contribution < -0.4 is 0 Å². The van der Waals surface area contributed by atoms with Gasteiger partial charge in [-0.05, 0) is 38.8 Å². The fourth-order valence-corrected chi connectivity index (χ4v) is 2.07. The highest BCUT2D eigenvalue weighted by atomic mass is 16.3. The van der Waals surface area contributed by atoms with E-state index in [-0.39, 0.29) is 5.91 Å². The number of piperidine rings is 1. The van der Waals surface area contributed by atoms with Crippen molar-refractivity contribution < 1.29 is 9.90 Å². The second kappa shape index (κ2) is 4.49. The maximum Gasteiger partial charge on any atom is 0.253 e. The Kier molecular flexibility index (Phi) is 3.20. The van der Waals surface area contributed by atoms with Gasteiger partial charge in [0, 0.05) is 18.7 Å². The maximum atomic E-state index is 12.2. The number of likely N-dealkylation sites (tertiary alicyclic amines) is 1. The number of hydrogen-bond donors (Lipinski definition) is 1. The van der Waals surface area contributed by atoms with Gasteiger partial charge in [-0.1, -0.05) is 17.7 Å². The van der Waals surface area contributed by atoms with Gasteiger partial charge in [-0.25, -0.2) is 0 Å². The molecule has 1 aliphatic heterocycles. The van der Waals surface area contributed by atoms with Crippen LogP contribution in [0.1, 0.15) is 35.7 Å². The number of carbonyl (C=O) groups is 1. The molecule has 92 valence electrons. The van der Waals surface area contributed by atoms with Crippen LogP contribution in [0, 0.1) is 6.92 Å². The predicted molar refractivity (Wildman–Crippen MR) is 66.9 cm³/mol. The zero-order chi connectivity index (χ0) is 12.5. The predicted octanol–water partition coefficient (Wildman–Crippen LogP) is 1.98. The molecule has 3 nitrogen and oxygen atoms in total. The first-order valence-electron chi connectivity index (χ1n) is 6.06. The quantitative estimate of drug-likeness (QED) is 0.805. The summed E-state index contributed by atoms with van der Waals surface area (Å²) >= 11 is 0. The molecule has 1 aromatic rings. The number of amides is 1.